The molecule has 1 aromatic heterocycles. The van der Waals surface area contributed by atoms with Crippen LogP contribution in [0.2, 0.25) is 0 Å². The summed E-state index contributed by atoms with van der Waals surface area (Å²) in [5.41, 5.74) is 3.80. The lowest BCUT2D eigenvalue weighted by Crippen LogP contribution is -2.66. The Morgan fingerprint density at radius 3 is 2.25 bits per heavy atom. The molecule has 25 heteroatoms. The van der Waals surface area contributed by atoms with Gasteiger partial charge in [-0.3, -0.25) is 18.9 Å². The number of carbonyl (C=O) groups is 3. The summed E-state index contributed by atoms with van der Waals surface area (Å²) in [6, 6.07) is 22.3. The smallest absolute Gasteiger partial charge is 0.295 e. The predicted octanol–water partition coefficient (Wildman–Crippen LogP) is 2.79. The van der Waals surface area contributed by atoms with Gasteiger partial charge in [-0.05, 0) is 67.6 Å². The van der Waals surface area contributed by atoms with E-state index < -0.39 is 69.8 Å². The van der Waals surface area contributed by atoms with Crippen molar-refractivity contribution in [1.29, 1.82) is 0 Å². The van der Waals surface area contributed by atoms with E-state index in [1.54, 1.807) is 54.7 Å². The number of fused-ring (bicyclic) bond motifs is 1. The van der Waals surface area contributed by atoms with Crippen LogP contribution in [0.3, 0.4) is 0 Å². The summed E-state index contributed by atoms with van der Waals surface area (Å²) in [4.78, 5) is 40.5. The topological polar surface area (TPSA) is 310 Å². The van der Waals surface area contributed by atoms with E-state index in [-0.39, 0.29) is 56.8 Å². The molecule has 4 aromatic carbocycles. The third-order valence-corrected chi connectivity index (χ3v) is 12.7. The highest BCUT2D eigenvalue weighted by Gasteiger charge is 2.49. The number of benzene rings is 4. The maximum atomic E-state index is 13.8. The summed E-state index contributed by atoms with van der Waals surface area (Å²) in [5.74, 6) is -1.53. The van der Waals surface area contributed by atoms with E-state index in [9.17, 15) is 42.7 Å². The van der Waals surface area contributed by atoms with Gasteiger partial charge in [-0.2, -0.15) is 18.6 Å². The molecule has 0 bridgehead atoms. The number of alkyl halides is 1. The van der Waals surface area contributed by atoms with E-state index in [0.717, 1.165) is 5.69 Å². The van der Waals surface area contributed by atoms with Crippen molar-refractivity contribution in [3.63, 3.8) is 0 Å². The van der Waals surface area contributed by atoms with Gasteiger partial charge in [0.2, 0.25) is 11.8 Å². The summed E-state index contributed by atoms with van der Waals surface area (Å²) in [5, 5.41) is 60.1. The molecular formula is C46H57BrN10O13S. The first-order valence-electron chi connectivity index (χ1n) is 22.3. The van der Waals surface area contributed by atoms with Crippen molar-refractivity contribution < 1.29 is 61.6 Å². The Hall–Kier alpha value is -6.00. The van der Waals surface area contributed by atoms with Crippen LogP contribution in [0, 0.1) is 0 Å². The van der Waals surface area contributed by atoms with Crippen molar-refractivity contribution in [1.82, 2.24) is 30.9 Å². The zero-order chi connectivity index (χ0) is 51.3. The number of hydrogen-bond acceptors (Lipinski definition) is 18. The molecule has 0 radical (unpaired) electrons. The number of aliphatic hydroxyl groups is 3. The van der Waals surface area contributed by atoms with Gasteiger partial charge < -0.3 is 60.4 Å². The second kappa shape index (κ2) is 24.9. The van der Waals surface area contributed by atoms with Crippen LogP contribution in [-0.2, 0) is 51.7 Å². The van der Waals surface area contributed by atoms with Gasteiger partial charge in [0.05, 0.1) is 57.1 Å². The molecule has 6 rings (SSSR count). The van der Waals surface area contributed by atoms with Crippen LogP contribution >= 0.6 is 15.9 Å². The zero-order valence-electron chi connectivity index (χ0n) is 39.2. The van der Waals surface area contributed by atoms with Crippen LogP contribution in [0.15, 0.2) is 106 Å². The van der Waals surface area contributed by atoms with Crippen LogP contribution in [0.1, 0.15) is 29.9 Å². The number of nitrogens with zero attached hydrogens (tertiary/aromatic N) is 6. The van der Waals surface area contributed by atoms with E-state index in [1.165, 1.54) is 30.7 Å². The fourth-order valence-corrected chi connectivity index (χ4v) is 8.32. The van der Waals surface area contributed by atoms with Crippen LogP contribution in [0.4, 0.5) is 22.7 Å². The second-order valence-corrected chi connectivity index (χ2v) is 19.6. The average molecular weight is 1070 g/mol. The predicted molar refractivity (Wildman–Crippen MR) is 262 cm³/mol. The molecule has 382 valence electrons. The molecule has 3 amide bonds. The molecule has 7 atom stereocenters. The van der Waals surface area contributed by atoms with Gasteiger partial charge in [0.15, 0.2) is 16.9 Å². The molecule has 1 fully saturated rings. The number of aliphatic hydroxyl groups excluding tert-OH is 3. The van der Waals surface area contributed by atoms with E-state index in [4.69, 9.17) is 18.9 Å². The van der Waals surface area contributed by atoms with Crippen LogP contribution < -0.4 is 26.2 Å². The SMILES string of the molecule is CC(=O)N[C@H]1[C@H](O[C@@H](OCCOCCn2cc(CNC(=O)c3ccc(N=Nc4ccc(N(C)C)cc4)cc3)nn2)[C@@](C)(Br)C(=O)NCCNc2cccc3c(S(=O)(=O)O)cccc23)O[C@H](CO)[C@@H](O)[C@@H]1O. The molecule has 1 saturated heterocycles. The largest absolute Gasteiger partial charge is 0.394 e. The summed E-state index contributed by atoms with van der Waals surface area (Å²) in [6.45, 7) is 2.52. The summed E-state index contributed by atoms with van der Waals surface area (Å²) < 4.78 is 57.2. The Morgan fingerprint density at radius 1 is 0.915 bits per heavy atom. The standard InChI is InChI=1S/C46H57BrN10O13S/c1-28(59)51-39-41(61)40(60)37(27-58)69-43(39)70-45(46(2,47)44(63)49-20-19-48-36-9-5-8-35-34(36)7-6-10-38(35)71(64,65)66)68-24-23-67-22-21-57-26-32(54-55-57)25-50-42(62)29-11-13-30(14-12-29)52-53-31-15-17-33(18-16-31)56(3)4/h5-18,26,37,39-41,43,45,48,58,60-61H,19-25,27H2,1-4H3,(H,49,63)(H,50,62)(H,51,59)(H,64,65,66)/t37-,39-,40-,41-,43+,45-,46+/m1/s1. The van der Waals surface area contributed by atoms with Crippen molar-refractivity contribution >= 4 is 77.3 Å². The molecule has 0 spiro atoms. The lowest BCUT2D eigenvalue weighted by atomic mass is 9.97. The molecule has 8 N–H and O–H groups in total. The molecule has 0 unspecified atom stereocenters. The number of nitrogens with one attached hydrogen (secondary N) is 4. The highest BCUT2D eigenvalue weighted by atomic mass is 79.9. The Balaban J connectivity index is 1.00. The van der Waals surface area contributed by atoms with Crippen LogP contribution in [-0.4, -0.2) is 156 Å². The number of rotatable bonds is 24. The Labute approximate surface area is 417 Å². The molecule has 2 heterocycles. The minimum atomic E-state index is -4.49. The number of hydrogen-bond donors (Lipinski definition) is 8. The minimum Gasteiger partial charge on any atom is -0.394 e. The molecule has 23 nitrogen and oxygen atoms in total. The third-order valence-electron chi connectivity index (χ3n) is 11.0. The number of amides is 3. The number of azo groups is 1. The molecule has 71 heavy (non-hydrogen) atoms. The summed E-state index contributed by atoms with van der Waals surface area (Å²) in [7, 11) is -0.579. The van der Waals surface area contributed by atoms with Crippen molar-refractivity contribution in [2.45, 2.75) is 73.1 Å². The Morgan fingerprint density at radius 2 is 1.59 bits per heavy atom. The molecule has 1 aliphatic rings. The lowest BCUT2D eigenvalue weighted by molar-refractivity contribution is -0.316. The number of ether oxygens (including phenoxy) is 4. The highest BCUT2D eigenvalue weighted by molar-refractivity contribution is 9.10. The maximum absolute atomic E-state index is 13.8. The highest BCUT2D eigenvalue weighted by Crippen LogP contribution is 2.32. The van der Waals surface area contributed by atoms with E-state index >= 15 is 0 Å². The van der Waals surface area contributed by atoms with E-state index in [2.05, 4.69) is 57.7 Å². The first-order valence-corrected chi connectivity index (χ1v) is 24.5. The second-order valence-electron chi connectivity index (χ2n) is 16.6. The van der Waals surface area contributed by atoms with E-state index in [0.29, 0.717) is 39.1 Å². The summed E-state index contributed by atoms with van der Waals surface area (Å²) in [6.07, 6.45) is -5.94. The Kier molecular flexibility index (Phi) is 19.1. The number of halogens is 1. The number of aromatic nitrogens is 3. The molecule has 1 aliphatic heterocycles. The molecular weight excluding hydrogens is 1010 g/mol. The number of carbonyl (C=O) groups excluding carboxylic acids is 3. The maximum Gasteiger partial charge on any atom is 0.295 e. The number of anilines is 2. The normalized spacial score (nSPS) is 19.5. The first kappa shape index (κ1) is 54.3. The van der Waals surface area contributed by atoms with Gasteiger partial charge >= 0.3 is 0 Å². The summed E-state index contributed by atoms with van der Waals surface area (Å²) >= 11 is 3.44. The van der Waals surface area contributed by atoms with Crippen LogP contribution in [0.5, 0.6) is 0 Å². The minimum absolute atomic E-state index is 0.0122. The molecule has 5 aromatic rings. The van der Waals surface area contributed by atoms with Crippen molar-refractivity contribution in [2.75, 3.05) is 63.8 Å². The third kappa shape index (κ3) is 14.8. The molecule has 0 saturated carbocycles. The van der Waals surface area contributed by atoms with Gasteiger partial charge in [-0.15, -0.1) is 5.10 Å². The van der Waals surface area contributed by atoms with Gasteiger partial charge in [0, 0.05) is 61.8 Å². The van der Waals surface area contributed by atoms with Crippen molar-refractivity contribution in [3.05, 3.63) is 102 Å². The van der Waals surface area contributed by atoms with Gasteiger partial charge in [-0.25, -0.2) is 4.68 Å². The zero-order valence-corrected chi connectivity index (χ0v) is 41.6. The fraction of sp³-hybridized carbons (Fsp3) is 0.413. The fourth-order valence-electron chi connectivity index (χ4n) is 7.23. The van der Waals surface area contributed by atoms with Gasteiger partial charge in [0.25, 0.3) is 16.0 Å². The Bertz CT molecular complexity index is 2730. The quantitative estimate of drug-likeness (QED) is 0.0145. The molecule has 0 aliphatic carbocycles. The van der Waals surface area contributed by atoms with E-state index in [1.807, 2.05) is 43.3 Å². The van der Waals surface area contributed by atoms with Crippen LogP contribution in [0.25, 0.3) is 10.8 Å². The van der Waals surface area contributed by atoms with Gasteiger partial charge in [-0.1, -0.05) is 45.4 Å². The van der Waals surface area contributed by atoms with Crippen molar-refractivity contribution in [3.8, 4) is 0 Å². The monoisotopic (exact) mass is 1070 g/mol. The van der Waals surface area contributed by atoms with Crippen molar-refractivity contribution in [2.24, 2.45) is 10.2 Å². The lowest BCUT2D eigenvalue weighted by Gasteiger charge is -2.44. The average Bonchev–Trinajstić information content (AvgIpc) is 3.81. The first-order chi connectivity index (χ1) is 33.8. The van der Waals surface area contributed by atoms with Gasteiger partial charge in [0.1, 0.15) is 34.9 Å².